The number of hydrogen-bond donors (Lipinski definition) is 2. The second kappa shape index (κ2) is 9.60. The predicted molar refractivity (Wildman–Crippen MR) is 128 cm³/mol. The van der Waals surface area contributed by atoms with Gasteiger partial charge >= 0.3 is 0 Å². The van der Waals surface area contributed by atoms with Crippen molar-refractivity contribution in [1.82, 2.24) is 10.3 Å². The van der Waals surface area contributed by atoms with Gasteiger partial charge in [-0.15, -0.1) is 0 Å². The minimum Gasteiger partial charge on any atom is -0.497 e. The molecule has 32 heavy (non-hydrogen) atoms. The summed E-state index contributed by atoms with van der Waals surface area (Å²) in [6, 6.07) is 22.0. The summed E-state index contributed by atoms with van der Waals surface area (Å²) in [5.74, 6) is 1.34. The number of para-hydroxylation sites is 1. The molecule has 4 rings (SSSR count). The molecule has 0 aliphatic carbocycles. The van der Waals surface area contributed by atoms with Crippen molar-refractivity contribution < 1.29 is 14.3 Å². The fraction of sp³-hybridized carbons (Fsp3) is 0.222. The number of hydrogen-bond acceptors (Lipinski definition) is 3. The van der Waals surface area contributed by atoms with Crippen LogP contribution in [0.4, 0.5) is 0 Å². The summed E-state index contributed by atoms with van der Waals surface area (Å²) in [5.41, 5.74) is 5.65. The smallest absolute Gasteiger partial charge is 0.257 e. The lowest BCUT2D eigenvalue weighted by Crippen LogP contribution is -2.32. The maximum absolute atomic E-state index is 12.6. The number of rotatable bonds is 8. The van der Waals surface area contributed by atoms with Gasteiger partial charge in [0.25, 0.3) is 5.91 Å². The van der Waals surface area contributed by atoms with Crippen LogP contribution in [-0.4, -0.2) is 31.2 Å². The molecule has 0 saturated carbocycles. The van der Waals surface area contributed by atoms with Crippen LogP contribution in [0.3, 0.4) is 0 Å². The van der Waals surface area contributed by atoms with E-state index in [-0.39, 0.29) is 18.4 Å². The Bertz CT molecular complexity index is 1210. The number of aromatic nitrogens is 1. The molecule has 3 aromatic carbocycles. The molecule has 0 aliphatic heterocycles. The van der Waals surface area contributed by atoms with E-state index in [1.54, 1.807) is 7.11 Å². The Balaban J connectivity index is 1.50. The Labute approximate surface area is 188 Å². The van der Waals surface area contributed by atoms with Crippen LogP contribution in [0, 0.1) is 13.8 Å². The second-order valence-electron chi connectivity index (χ2n) is 7.95. The van der Waals surface area contributed by atoms with Gasteiger partial charge in [-0.25, -0.2) is 0 Å². The summed E-state index contributed by atoms with van der Waals surface area (Å²) >= 11 is 0. The number of nitrogens with one attached hydrogen (secondary N) is 2. The average molecular weight is 429 g/mol. The molecule has 2 N–H and O–H groups in total. The Morgan fingerprint density at radius 3 is 2.47 bits per heavy atom. The minimum absolute atomic E-state index is 0.0115. The largest absolute Gasteiger partial charge is 0.497 e. The highest BCUT2D eigenvalue weighted by atomic mass is 16.5. The van der Waals surface area contributed by atoms with E-state index in [4.69, 9.17) is 9.47 Å². The summed E-state index contributed by atoms with van der Waals surface area (Å²) in [4.78, 5) is 15.9. The SMILES string of the molecule is COc1ccc(C(CNC(=O)COc2ccc(C)c(C)c2)c2c[nH]c3ccccc23)cc1. The molecule has 1 unspecified atom stereocenters. The number of aromatic amines is 1. The highest BCUT2D eigenvalue weighted by Gasteiger charge is 2.19. The third-order valence-corrected chi connectivity index (χ3v) is 5.87. The molecule has 0 fully saturated rings. The van der Waals surface area contributed by atoms with Gasteiger partial charge in [0.15, 0.2) is 6.61 Å². The number of aryl methyl sites for hydroxylation is 2. The molecule has 164 valence electrons. The zero-order chi connectivity index (χ0) is 22.5. The number of carbonyl (C=O) groups is 1. The Hall–Kier alpha value is -3.73. The topological polar surface area (TPSA) is 63.4 Å². The minimum atomic E-state index is -0.151. The molecule has 0 saturated heterocycles. The van der Waals surface area contributed by atoms with Crippen LogP contribution in [0.1, 0.15) is 28.2 Å². The third kappa shape index (κ3) is 4.78. The predicted octanol–water partition coefficient (Wildman–Crippen LogP) is 5.12. The van der Waals surface area contributed by atoms with E-state index in [1.165, 1.54) is 5.56 Å². The maximum atomic E-state index is 12.6. The number of ether oxygens (including phenoxy) is 2. The van der Waals surface area contributed by atoms with Crippen molar-refractivity contribution in [2.24, 2.45) is 0 Å². The number of methoxy groups -OCH3 is 1. The summed E-state index contributed by atoms with van der Waals surface area (Å²) in [6.07, 6.45) is 2.03. The lowest BCUT2D eigenvalue weighted by molar-refractivity contribution is -0.123. The van der Waals surface area contributed by atoms with E-state index in [9.17, 15) is 4.79 Å². The molecule has 1 atom stereocenters. The van der Waals surface area contributed by atoms with E-state index in [0.29, 0.717) is 12.3 Å². The summed E-state index contributed by atoms with van der Waals surface area (Å²) < 4.78 is 11.0. The van der Waals surface area contributed by atoms with E-state index in [0.717, 1.165) is 33.3 Å². The molecular formula is C27H28N2O3. The van der Waals surface area contributed by atoms with Gasteiger partial charge in [0, 0.05) is 29.6 Å². The molecule has 0 bridgehead atoms. The number of fused-ring (bicyclic) bond motifs is 1. The Kier molecular flexibility index (Phi) is 6.45. The van der Waals surface area contributed by atoms with Crippen molar-refractivity contribution >= 4 is 16.8 Å². The number of carbonyl (C=O) groups excluding carboxylic acids is 1. The second-order valence-corrected chi connectivity index (χ2v) is 7.95. The maximum Gasteiger partial charge on any atom is 0.257 e. The van der Waals surface area contributed by atoms with Crippen molar-refractivity contribution in [3.8, 4) is 11.5 Å². The van der Waals surface area contributed by atoms with Crippen molar-refractivity contribution in [2.45, 2.75) is 19.8 Å². The zero-order valence-electron chi connectivity index (χ0n) is 18.6. The lowest BCUT2D eigenvalue weighted by atomic mass is 9.91. The molecule has 1 heterocycles. The van der Waals surface area contributed by atoms with Gasteiger partial charge in [0.2, 0.25) is 0 Å². The van der Waals surface area contributed by atoms with Crippen LogP contribution in [0.15, 0.2) is 72.9 Å². The number of benzene rings is 3. The van der Waals surface area contributed by atoms with Crippen molar-refractivity contribution in [2.75, 3.05) is 20.3 Å². The van der Waals surface area contributed by atoms with Crippen LogP contribution in [0.2, 0.25) is 0 Å². The first kappa shape index (κ1) is 21.5. The molecular weight excluding hydrogens is 400 g/mol. The van der Waals surface area contributed by atoms with Crippen LogP contribution >= 0.6 is 0 Å². The van der Waals surface area contributed by atoms with Crippen LogP contribution in [0.25, 0.3) is 10.9 Å². The summed E-state index contributed by atoms with van der Waals surface area (Å²) in [7, 11) is 1.65. The van der Waals surface area contributed by atoms with E-state index in [1.807, 2.05) is 67.7 Å². The number of H-pyrrole nitrogens is 1. The molecule has 1 aromatic heterocycles. The monoisotopic (exact) mass is 428 g/mol. The van der Waals surface area contributed by atoms with Gasteiger partial charge in [0.05, 0.1) is 7.11 Å². The average Bonchev–Trinajstić information content (AvgIpc) is 3.24. The normalized spacial score (nSPS) is 11.8. The zero-order valence-corrected chi connectivity index (χ0v) is 18.6. The first-order valence-electron chi connectivity index (χ1n) is 10.7. The first-order chi connectivity index (χ1) is 15.5. The Morgan fingerprint density at radius 1 is 0.969 bits per heavy atom. The molecule has 0 spiro atoms. The van der Waals surface area contributed by atoms with E-state index in [2.05, 4.69) is 29.4 Å². The van der Waals surface area contributed by atoms with Gasteiger partial charge in [-0.2, -0.15) is 0 Å². The third-order valence-electron chi connectivity index (χ3n) is 5.87. The van der Waals surface area contributed by atoms with Gasteiger partial charge in [0.1, 0.15) is 11.5 Å². The Morgan fingerprint density at radius 2 is 1.72 bits per heavy atom. The van der Waals surface area contributed by atoms with Crippen LogP contribution in [0.5, 0.6) is 11.5 Å². The van der Waals surface area contributed by atoms with Crippen LogP contribution < -0.4 is 14.8 Å². The molecule has 0 aliphatic rings. The van der Waals surface area contributed by atoms with Crippen molar-refractivity contribution in [1.29, 1.82) is 0 Å². The molecule has 5 heteroatoms. The standard InChI is InChI=1S/C27H28N2O3/c1-18-8-11-22(14-19(18)2)32-17-27(30)29-15-24(20-9-12-21(31-3)13-10-20)25-16-28-26-7-5-4-6-23(25)26/h4-14,16,24,28H,15,17H2,1-3H3,(H,29,30). The van der Waals surface area contributed by atoms with E-state index < -0.39 is 0 Å². The summed E-state index contributed by atoms with van der Waals surface area (Å²) in [5, 5.41) is 4.20. The van der Waals surface area contributed by atoms with Gasteiger partial charge in [-0.1, -0.05) is 36.4 Å². The highest BCUT2D eigenvalue weighted by Crippen LogP contribution is 2.31. The van der Waals surface area contributed by atoms with E-state index >= 15 is 0 Å². The van der Waals surface area contributed by atoms with Gasteiger partial charge in [-0.05, 0) is 66.4 Å². The van der Waals surface area contributed by atoms with Crippen LogP contribution in [-0.2, 0) is 4.79 Å². The number of amides is 1. The first-order valence-corrected chi connectivity index (χ1v) is 10.7. The van der Waals surface area contributed by atoms with Gasteiger partial charge in [-0.3, -0.25) is 4.79 Å². The molecule has 1 amide bonds. The summed E-state index contributed by atoms with van der Waals surface area (Å²) in [6.45, 7) is 4.52. The van der Waals surface area contributed by atoms with Gasteiger partial charge < -0.3 is 19.8 Å². The van der Waals surface area contributed by atoms with Crippen molar-refractivity contribution in [3.05, 3.63) is 95.2 Å². The lowest BCUT2D eigenvalue weighted by Gasteiger charge is -2.19. The highest BCUT2D eigenvalue weighted by molar-refractivity contribution is 5.84. The molecule has 4 aromatic rings. The fourth-order valence-corrected chi connectivity index (χ4v) is 3.85. The molecule has 0 radical (unpaired) electrons. The molecule has 5 nitrogen and oxygen atoms in total. The van der Waals surface area contributed by atoms with Crippen molar-refractivity contribution in [3.63, 3.8) is 0 Å². The quantitative estimate of drug-likeness (QED) is 0.409. The fourth-order valence-electron chi connectivity index (χ4n) is 3.85.